The summed E-state index contributed by atoms with van der Waals surface area (Å²) < 4.78 is 5.65. The van der Waals surface area contributed by atoms with Crippen LogP contribution in [0.1, 0.15) is 65.1 Å². The predicted molar refractivity (Wildman–Crippen MR) is 105 cm³/mol. The molecule has 0 saturated carbocycles. The van der Waals surface area contributed by atoms with E-state index in [-0.39, 0.29) is 11.1 Å². The van der Waals surface area contributed by atoms with E-state index in [9.17, 15) is 0 Å². The molecular weight excluding hydrogens is 310 g/mol. The molecule has 2 rings (SSSR count). The first-order valence-electron chi connectivity index (χ1n) is 9.60. The average Bonchev–Trinajstić information content (AvgIpc) is 2.55. The third-order valence-electron chi connectivity index (χ3n) is 5.54. The van der Waals surface area contributed by atoms with Gasteiger partial charge in [0.05, 0.1) is 11.3 Å². The smallest absolute Gasteiger partial charge is 0.0640 e. The fourth-order valence-corrected chi connectivity index (χ4v) is 3.84. The van der Waals surface area contributed by atoms with Crippen LogP contribution in [0.15, 0.2) is 18.3 Å². The fourth-order valence-electron chi connectivity index (χ4n) is 3.84. The maximum Gasteiger partial charge on any atom is 0.0640 e. The topological polar surface area (TPSA) is 28.6 Å². The highest BCUT2D eigenvalue weighted by Crippen LogP contribution is 2.29. The van der Waals surface area contributed by atoms with E-state index in [1.54, 1.807) is 0 Å². The molecule has 1 aromatic rings. The second kappa shape index (κ2) is 8.15. The minimum absolute atomic E-state index is 0.0806. The number of hydrogen-bond donors (Lipinski definition) is 0. The highest BCUT2D eigenvalue weighted by atomic mass is 16.5. The van der Waals surface area contributed by atoms with Crippen molar-refractivity contribution < 1.29 is 4.74 Å². The third-order valence-corrected chi connectivity index (χ3v) is 5.54. The van der Waals surface area contributed by atoms with Crippen LogP contribution in [0.5, 0.6) is 0 Å². The molecule has 0 amide bonds. The molecule has 4 heteroatoms. The number of rotatable bonds is 7. The van der Waals surface area contributed by atoms with Crippen molar-refractivity contribution in [3.05, 3.63) is 29.6 Å². The lowest BCUT2D eigenvalue weighted by atomic mass is 9.87. The van der Waals surface area contributed by atoms with E-state index in [4.69, 9.17) is 4.74 Å². The molecule has 0 N–H and O–H groups in total. The van der Waals surface area contributed by atoms with Gasteiger partial charge in [-0.15, -0.1) is 0 Å². The monoisotopic (exact) mass is 347 g/mol. The van der Waals surface area contributed by atoms with Gasteiger partial charge in [0.15, 0.2) is 0 Å². The van der Waals surface area contributed by atoms with Crippen molar-refractivity contribution in [1.29, 1.82) is 0 Å². The first-order valence-corrected chi connectivity index (χ1v) is 9.60. The zero-order valence-electron chi connectivity index (χ0n) is 17.3. The standard InChI is InChI=1S/C21H37N3O/c1-17(2)18-8-9-19(22-14-18)15-23-10-12-24(13-11-23)20(3,4)16-21(5,6)25-7/h8-9,14,17H,10-13,15-16H2,1-7H3. The lowest BCUT2D eigenvalue weighted by Gasteiger charge is -2.46. The molecule has 0 aliphatic carbocycles. The largest absolute Gasteiger partial charge is 0.379 e. The highest BCUT2D eigenvalue weighted by Gasteiger charge is 2.35. The molecule has 0 bridgehead atoms. The number of pyridine rings is 1. The van der Waals surface area contributed by atoms with Crippen LogP contribution in [0.4, 0.5) is 0 Å². The van der Waals surface area contributed by atoms with E-state index < -0.39 is 0 Å². The van der Waals surface area contributed by atoms with Gasteiger partial charge in [-0.3, -0.25) is 14.8 Å². The summed E-state index contributed by atoms with van der Waals surface area (Å²) in [5.74, 6) is 0.545. The molecule has 142 valence electrons. The van der Waals surface area contributed by atoms with Gasteiger partial charge >= 0.3 is 0 Å². The van der Waals surface area contributed by atoms with E-state index >= 15 is 0 Å². The fraction of sp³-hybridized carbons (Fsp3) is 0.762. The number of ether oxygens (including phenoxy) is 1. The number of piperazine rings is 1. The molecule has 0 spiro atoms. The predicted octanol–water partition coefficient (Wildman–Crippen LogP) is 3.92. The van der Waals surface area contributed by atoms with Gasteiger partial charge in [-0.2, -0.15) is 0 Å². The lowest BCUT2D eigenvalue weighted by Crippen LogP contribution is -2.56. The number of aromatic nitrogens is 1. The van der Waals surface area contributed by atoms with E-state index in [1.165, 1.54) is 11.3 Å². The van der Waals surface area contributed by atoms with Crippen LogP contribution < -0.4 is 0 Å². The zero-order valence-corrected chi connectivity index (χ0v) is 17.3. The van der Waals surface area contributed by atoms with Crippen LogP contribution in [0.2, 0.25) is 0 Å². The number of nitrogens with zero attached hydrogens (tertiary/aromatic N) is 3. The van der Waals surface area contributed by atoms with Gasteiger partial charge in [0.1, 0.15) is 0 Å². The van der Waals surface area contributed by atoms with Gasteiger partial charge in [0.25, 0.3) is 0 Å². The first-order chi connectivity index (χ1) is 11.6. The minimum Gasteiger partial charge on any atom is -0.379 e. The summed E-state index contributed by atoms with van der Waals surface area (Å²) in [6, 6.07) is 4.41. The third kappa shape index (κ3) is 5.77. The van der Waals surface area contributed by atoms with Crippen molar-refractivity contribution in [1.82, 2.24) is 14.8 Å². The Balaban J connectivity index is 1.86. The molecular formula is C21H37N3O. The SMILES string of the molecule is COC(C)(C)CC(C)(C)N1CCN(Cc2ccc(C(C)C)cn2)CC1. The maximum absolute atomic E-state index is 5.65. The Morgan fingerprint density at radius 1 is 1.08 bits per heavy atom. The van der Waals surface area contributed by atoms with Crippen LogP contribution in [-0.4, -0.2) is 59.2 Å². The van der Waals surface area contributed by atoms with Crippen LogP contribution in [-0.2, 0) is 11.3 Å². The van der Waals surface area contributed by atoms with Crippen molar-refractivity contribution in [2.45, 2.75) is 71.6 Å². The van der Waals surface area contributed by atoms with Gasteiger partial charge < -0.3 is 4.74 Å². The Kier molecular flexibility index (Phi) is 6.63. The Morgan fingerprint density at radius 3 is 2.20 bits per heavy atom. The molecule has 1 aromatic heterocycles. The summed E-state index contributed by atoms with van der Waals surface area (Å²) >= 11 is 0. The first kappa shape index (κ1) is 20.3. The van der Waals surface area contributed by atoms with Crippen molar-refractivity contribution in [3.63, 3.8) is 0 Å². The summed E-state index contributed by atoms with van der Waals surface area (Å²) in [5, 5.41) is 0. The Labute approximate surface area is 154 Å². The van der Waals surface area contributed by atoms with Gasteiger partial charge in [-0.25, -0.2) is 0 Å². The minimum atomic E-state index is -0.0806. The van der Waals surface area contributed by atoms with Gasteiger partial charge in [0, 0.05) is 51.6 Å². The Bertz CT molecular complexity index is 529. The van der Waals surface area contributed by atoms with Crippen LogP contribution in [0.3, 0.4) is 0 Å². The van der Waals surface area contributed by atoms with Gasteiger partial charge in [-0.05, 0) is 51.7 Å². The molecule has 0 radical (unpaired) electrons. The molecule has 2 heterocycles. The maximum atomic E-state index is 5.65. The number of hydrogen-bond acceptors (Lipinski definition) is 4. The summed E-state index contributed by atoms with van der Waals surface area (Å²) in [4.78, 5) is 9.78. The molecule has 4 nitrogen and oxygen atoms in total. The zero-order chi connectivity index (χ0) is 18.7. The summed E-state index contributed by atoms with van der Waals surface area (Å²) in [6.45, 7) is 18.8. The Hall–Kier alpha value is -0.970. The van der Waals surface area contributed by atoms with Crippen molar-refractivity contribution >= 4 is 0 Å². The summed E-state index contributed by atoms with van der Waals surface area (Å²) in [7, 11) is 1.81. The van der Waals surface area contributed by atoms with E-state index in [0.29, 0.717) is 5.92 Å². The normalized spacial score (nSPS) is 18.1. The summed E-state index contributed by atoms with van der Waals surface area (Å²) in [6.07, 6.45) is 3.07. The van der Waals surface area contributed by atoms with Crippen molar-refractivity contribution in [2.75, 3.05) is 33.3 Å². The van der Waals surface area contributed by atoms with Crippen LogP contribution >= 0.6 is 0 Å². The number of methoxy groups -OCH3 is 1. The summed E-state index contributed by atoms with van der Waals surface area (Å²) in [5.41, 5.74) is 2.57. The van der Waals surface area contributed by atoms with E-state index in [0.717, 1.165) is 39.1 Å². The van der Waals surface area contributed by atoms with E-state index in [1.807, 2.05) is 13.3 Å². The highest BCUT2D eigenvalue weighted by molar-refractivity contribution is 5.17. The molecule has 0 unspecified atom stereocenters. The average molecular weight is 348 g/mol. The van der Waals surface area contributed by atoms with E-state index in [2.05, 4.69) is 68.5 Å². The van der Waals surface area contributed by atoms with Crippen molar-refractivity contribution in [3.8, 4) is 0 Å². The molecule has 1 aliphatic heterocycles. The Morgan fingerprint density at radius 2 is 1.72 bits per heavy atom. The van der Waals surface area contributed by atoms with Crippen LogP contribution in [0.25, 0.3) is 0 Å². The van der Waals surface area contributed by atoms with Gasteiger partial charge in [0.2, 0.25) is 0 Å². The second-order valence-electron chi connectivity index (χ2n) is 8.95. The molecule has 1 aliphatic rings. The molecule has 1 saturated heterocycles. The molecule has 0 aromatic carbocycles. The van der Waals surface area contributed by atoms with Crippen molar-refractivity contribution in [2.24, 2.45) is 0 Å². The second-order valence-corrected chi connectivity index (χ2v) is 8.95. The quantitative estimate of drug-likeness (QED) is 0.747. The molecule has 0 atom stereocenters. The molecule has 1 fully saturated rings. The van der Waals surface area contributed by atoms with Crippen LogP contribution in [0, 0.1) is 0 Å². The van der Waals surface area contributed by atoms with Gasteiger partial charge in [-0.1, -0.05) is 19.9 Å². The molecule has 25 heavy (non-hydrogen) atoms. The lowest BCUT2D eigenvalue weighted by molar-refractivity contribution is -0.0425.